The van der Waals surface area contributed by atoms with Crippen molar-refractivity contribution in [1.29, 1.82) is 0 Å². The molecular formula is C31H36N2O6. The number of alkyl carbamates (subject to hydrolysis) is 1. The first kappa shape index (κ1) is 29.2. The van der Waals surface area contributed by atoms with Crippen molar-refractivity contribution in [3.63, 3.8) is 0 Å². The van der Waals surface area contributed by atoms with E-state index in [2.05, 4.69) is 10.6 Å². The molecule has 0 aromatic heterocycles. The summed E-state index contributed by atoms with van der Waals surface area (Å²) in [6, 6.07) is 24.6. The molecule has 0 heterocycles. The number of carbonyl (C=O) groups is 3. The van der Waals surface area contributed by atoms with E-state index >= 15 is 0 Å². The van der Waals surface area contributed by atoms with Crippen LogP contribution in [0.25, 0.3) is 0 Å². The number of nitrogens with one attached hydrogen (secondary N) is 2. The fourth-order valence-electron chi connectivity index (χ4n) is 3.92. The molecular weight excluding hydrogens is 496 g/mol. The van der Waals surface area contributed by atoms with Crippen LogP contribution < -0.4 is 15.4 Å². The number of hydrogen-bond acceptors (Lipinski definition) is 6. The molecule has 0 saturated carbocycles. The molecule has 0 saturated heterocycles. The van der Waals surface area contributed by atoms with E-state index in [9.17, 15) is 14.4 Å². The zero-order valence-electron chi connectivity index (χ0n) is 22.6. The lowest BCUT2D eigenvalue weighted by Crippen LogP contribution is -2.53. The van der Waals surface area contributed by atoms with Gasteiger partial charge in [-0.3, -0.25) is 4.79 Å². The summed E-state index contributed by atoms with van der Waals surface area (Å²) < 4.78 is 16.0. The molecule has 39 heavy (non-hydrogen) atoms. The van der Waals surface area contributed by atoms with Crippen LogP contribution >= 0.6 is 0 Å². The van der Waals surface area contributed by atoms with Gasteiger partial charge in [0.2, 0.25) is 5.91 Å². The maximum absolute atomic E-state index is 13.2. The Balaban J connectivity index is 1.59. The molecule has 2 atom stereocenters. The van der Waals surface area contributed by atoms with Gasteiger partial charge in [-0.2, -0.15) is 0 Å². The lowest BCUT2D eigenvalue weighted by Gasteiger charge is -2.23. The van der Waals surface area contributed by atoms with Crippen molar-refractivity contribution in [3.8, 4) is 5.75 Å². The second-order valence-electron chi connectivity index (χ2n) is 9.59. The average Bonchev–Trinajstić information content (AvgIpc) is 2.95. The molecule has 8 heteroatoms. The summed E-state index contributed by atoms with van der Waals surface area (Å²) in [6.07, 6.45) is -0.127. The third kappa shape index (κ3) is 10.2. The highest BCUT2D eigenvalue weighted by atomic mass is 16.5. The first-order valence-corrected chi connectivity index (χ1v) is 12.9. The minimum atomic E-state index is -0.935. The Bertz CT molecular complexity index is 1180. The Morgan fingerprint density at radius 3 is 1.87 bits per heavy atom. The molecule has 0 aliphatic rings. The number of carbonyl (C=O) groups excluding carboxylic acids is 3. The van der Waals surface area contributed by atoms with Gasteiger partial charge in [0.25, 0.3) is 0 Å². The maximum Gasteiger partial charge on any atom is 0.408 e. The molecule has 0 aliphatic heterocycles. The molecule has 8 nitrogen and oxygen atoms in total. The van der Waals surface area contributed by atoms with Gasteiger partial charge in [0.05, 0.1) is 7.11 Å². The number of hydrogen-bond donors (Lipinski definition) is 2. The van der Waals surface area contributed by atoms with Gasteiger partial charge in [-0.15, -0.1) is 0 Å². The van der Waals surface area contributed by atoms with Gasteiger partial charge < -0.3 is 24.8 Å². The van der Waals surface area contributed by atoms with Crippen LogP contribution in [0.5, 0.6) is 5.75 Å². The van der Waals surface area contributed by atoms with Crippen molar-refractivity contribution in [2.75, 3.05) is 7.11 Å². The quantitative estimate of drug-likeness (QED) is 0.307. The van der Waals surface area contributed by atoms with Gasteiger partial charge >= 0.3 is 12.1 Å². The molecule has 2 amide bonds. The Kier molecular flexibility index (Phi) is 11.4. The Hall–Kier alpha value is -4.33. The highest BCUT2D eigenvalue weighted by Crippen LogP contribution is 2.16. The lowest BCUT2D eigenvalue weighted by atomic mass is 10.0. The number of benzene rings is 3. The average molecular weight is 533 g/mol. The molecule has 0 unspecified atom stereocenters. The molecule has 3 aromatic rings. The van der Waals surface area contributed by atoms with Gasteiger partial charge in [0.15, 0.2) is 0 Å². The van der Waals surface area contributed by atoms with Crippen LogP contribution in [0, 0.1) is 5.92 Å². The minimum absolute atomic E-state index is 0.0819. The fourth-order valence-corrected chi connectivity index (χ4v) is 3.92. The van der Waals surface area contributed by atoms with Crippen LogP contribution in [-0.4, -0.2) is 37.2 Å². The normalized spacial score (nSPS) is 12.2. The number of ether oxygens (including phenoxy) is 3. The zero-order valence-corrected chi connectivity index (χ0v) is 22.6. The SMILES string of the molecule is COC(=O)[C@H](Cc1ccc(OCc2ccccc2)cc1)NC(=O)[C@H](CC(C)C)NC(=O)OCc1ccccc1. The Morgan fingerprint density at radius 2 is 1.31 bits per heavy atom. The number of esters is 1. The van der Waals surface area contributed by atoms with Gasteiger partial charge in [0, 0.05) is 6.42 Å². The van der Waals surface area contributed by atoms with Crippen LogP contribution in [-0.2, 0) is 38.7 Å². The van der Waals surface area contributed by atoms with E-state index in [1.165, 1.54) is 7.11 Å². The second kappa shape index (κ2) is 15.2. The van der Waals surface area contributed by atoms with E-state index in [1.807, 2.05) is 98.8 Å². The molecule has 0 fully saturated rings. The van der Waals surface area contributed by atoms with E-state index in [1.54, 1.807) is 0 Å². The van der Waals surface area contributed by atoms with Crippen LogP contribution in [0.4, 0.5) is 4.79 Å². The second-order valence-corrected chi connectivity index (χ2v) is 9.59. The van der Waals surface area contributed by atoms with E-state index in [4.69, 9.17) is 14.2 Å². The first-order chi connectivity index (χ1) is 18.8. The van der Waals surface area contributed by atoms with Gasteiger partial charge in [-0.05, 0) is 41.2 Å². The predicted octanol–water partition coefficient (Wildman–Crippen LogP) is 4.81. The zero-order chi connectivity index (χ0) is 28.0. The Labute approximate surface area is 229 Å². The highest BCUT2D eigenvalue weighted by Gasteiger charge is 2.28. The Morgan fingerprint density at radius 1 is 0.718 bits per heavy atom. The van der Waals surface area contributed by atoms with Crippen molar-refractivity contribution in [2.45, 2.75) is 52.0 Å². The number of methoxy groups -OCH3 is 1. The summed E-state index contributed by atoms with van der Waals surface area (Å²) >= 11 is 0. The lowest BCUT2D eigenvalue weighted by molar-refractivity contribution is -0.145. The van der Waals surface area contributed by atoms with Gasteiger partial charge in [-0.1, -0.05) is 86.6 Å². The third-order valence-corrected chi connectivity index (χ3v) is 5.94. The number of rotatable bonds is 13. The molecule has 3 aromatic carbocycles. The van der Waals surface area contributed by atoms with Gasteiger partial charge in [-0.25, -0.2) is 9.59 Å². The number of amides is 2. The summed E-state index contributed by atoms with van der Waals surface area (Å²) in [6.45, 7) is 4.41. The third-order valence-electron chi connectivity index (χ3n) is 5.94. The predicted molar refractivity (Wildman–Crippen MR) is 148 cm³/mol. The summed E-state index contributed by atoms with van der Waals surface area (Å²) in [5.41, 5.74) is 2.71. The molecule has 2 N–H and O–H groups in total. The largest absolute Gasteiger partial charge is 0.489 e. The van der Waals surface area contributed by atoms with Crippen molar-refractivity contribution < 1.29 is 28.6 Å². The topological polar surface area (TPSA) is 103 Å². The van der Waals surface area contributed by atoms with Crippen molar-refractivity contribution in [2.24, 2.45) is 5.92 Å². The maximum atomic E-state index is 13.2. The summed E-state index contributed by atoms with van der Waals surface area (Å²) in [5.74, 6) is -0.270. The van der Waals surface area contributed by atoms with Crippen molar-refractivity contribution in [3.05, 3.63) is 102 Å². The van der Waals surface area contributed by atoms with Gasteiger partial charge in [0.1, 0.15) is 31.0 Å². The molecule has 0 spiro atoms. The standard InChI is InChI=1S/C31H36N2O6/c1-22(2)18-27(33-31(36)39-21-25-12-8-5-9-13-25)29(34)32-28(30(35)37-3)19-23-14-16-26(17-15-23)38-20-24-10-6-4-7-11-24/h4-17,22,27-28H,18-21H2,1-3H3,(H,32,34)(H,33,36)/t27-,28-/m0/s1. The van der Waals surface area contributed by atoms with E-state index in [-0.39, 0.29) is 18.9 Å². The molecule has 206 valence electrons. The molecule has 3 rings (SSSR count). The summed E-state index contributed by atoms with van der Waals surface area (Å²) in [4.78, 5) is 38.1. The smallest absolute Gasteiger partial charge is 0.408 e. The molecule has 0 aliphatic carbocycles. The van der Waals surface area contributed by atoms with E-state index in [0.717, 1.165) is 16.7 Å². The van der Waals surface area contributed by atoms with Crippen LogP contribution in [0.1, 0.15) is 37.0 Å². The first-order valence-electron chi connectivity index (χ1n) is 12.9. The van der Waals surface area contributed by atoms with E-state index in [0.29, 0.717) is 18.8 Å². The molecule has 0 radical (unpaired) electrons. The van der Waals surface area contributed by atoms with Crippen LogP contribution in [0.3, 0.4) is 0 Å². The fraction of sp³-hybridized carbons (Fsp3) is 0.323. The van der Waals surface area contributed by atoms with Crippen LogP contribution in [0.15, 0.2) is 84.9 Å². The monoisotopic (exact) mass is 532 g/mol. The highest BCUT2D eigenvalue weighted by molar-refractivity contribution is 5.89. The van der Waals surface area contributed by atoms with Crippen molar-refractivity contribution in [1.82, 2.24) is 10.6 Å². The minimum Gasteiger partial charge on any atom is -0.489 e. The summed E-state index contributed by atoms with van der Waals surface area (Å²) in [5, 5.41) is 5.38. The molecule has 0 bridgehead atoms. The van der Waals surface area contributed by atoms with E-state index < -0.39 is 30.1 Å². The van der Waals surface area contributed by atoms with Crippen molar-refractivity contribution >= 4 is 18.0 Å². The van der Waals surface area contributed by atoms with Crippen LogP contribution in [0.2, 0.25) is 0 Å². The summed E-state index contributed by atoms with van der Waals surface area (Å²) in [7, 11) is 1.27.